The topological polar surface area (TPSA) is 42.4 Å². The van der Waals surface area contributed by atoms with E-state index in [-0.39, 0.29) is 5.91 Å². The number of carbonyl (C=O) groups is 1. The highest BCUT2D eigenvalue weighted by atomic mass is 35.5. The summed E-state index contributed by atoms with van der Waals surface area (Å²) in [6, 6.07) is 23.4. The Morgan fingerprint density at radius 2 is 1.66 bits per heavy atom. The van der Waals surface area contributed by atoms with Crippen LogP contribution < -0.4 is 4.74 Å². The number of ether oxygens (including phenoxy) is 1. The summed E-state index contributed by atoms with van der Waals surface area (Å²) in [6.45, 7) is 1.41. The second-order valence-electron chi connectivity index (χ2n) is 6.55. The van der Waals surface area contributed by atoms with E-state index < -0.39 is 4.84 Å². The van der Waals surface area contributed by atoms with Gasteiger partial charge in [0, 0.05) is 31.4 Å². The van der Waals surface area contributed by atoms with Crippen molar-refractivity contribution in [1.29, 1.82) is 0 Å². The van der Waals surface area contributed by atoms with Crippen LogP contribution in [0.15, 0.2) is 79.0 Å². The Kier molecular flexibility index (Phi) is 7.91. The third-order valence-corrected chi connectivity index (χ3v) is 4.78. The van der Waals surface area contributed by atoms with Crippen LogP contribution in [0.1, 0.15) is 16.8 Å². The average Bonchev–Trinajstić information content (AvgIpc) is 2.77. The number of pyridine rings is 1. The van der Waals surface area contributed by atoms with Gasteiger partial charge in [-0.2, -0.15) is 0 Å². The van der Waals surface area contributed by atoms with Crippen LogP contribution in [0.5, 0.6) is 5.75 Å². The highest BCUT2D eigenvalue weighted by molar-refractivity contribution is 6.53. The molecule has 29 heavy (non-hydrogen) atoms. The van der Waals surface area contributed by atoms with Gasteiger partial charge in [-0.3, -0.25) is 9.78 Å². The zero-order valence-electron chi connectivity index (χ0n) is 15.9. The van der Waals surface area contributed by atoms with Crippen molar-refractivity contribution in [2.24, 2.45) is 0 Å². The summed E-state index contributed by atoms with van der Waals surface area (Å²) < 4.78 is 5.81. The minimum atomic E-state index is -1.09. The Hall–Kier alpha value is -2.56. The van der Waals surface area contributed by atoms with Gasteiger partial charge in [-0.15, -0.1) is 0 Å². The number of hydrogen-bond acceptors (Lipinski definition) is 3. The maximum absolute atomic E-state index is 12.4. The van der Waals surface area contributed by atoms with Crippen LogP contribution in [0, 0.1) is 0 Å². The van der Waals surface area contributed by atoms with Crippen LogP contribution in [0.25, 0.3) is 0 Å². The summed E-state index contributed by atoms with van der Waals surface area (Å²) in [5, 5.41) is 0. The van der Waals surface area contributed by atoms with Gasteiger partial charge in [0.15, 0.2) is 4.84 Å². The van der Waals surface area contributed by atoms with Crippen molar-refractivity contribution >= 4 is 29.1 Å². The lowest BCUT2D eigenvalue weighted by Gasteiger charge is -2.23. The zero-order chi connectivity index (χ0) is 20.5. The molecule has 0 unspecified atom stereocenters. The maximum Gasteiger partial charge on any atom is 0.256 e. The number of hydrogen-bond donors (Lipinski definition) is 0. The highest BCUT2D eigenvalue weighted by Gasteiger charge is 2.20. The van der Waals surface area contributed by atoms with E-state index in [4.69, 9.17) is 27.9 Å². The van der Waals surface area contributed by atoms with Gasteiger partial charge in [-0.05, 0) is 35.4 Å². The number of rotatable bonds is 9. The Bertz CT molecular complexity index is 888. The van der Waals surface area contributed by atoms with Crippen molar-refractivity contribution in [2.75, 3.05) is 6.54 Å². The normalized spacial score (nSPS) is 10.7. The van der Waals surface area contributed by atoms with Gasteiger partial charge in [-0.25, -0.2) is 0 Å². The molecule has 0 saturated carbocycles. The molecule has 0 aliphatic heterocycles. The molecule has 6 heteroatoms. The molecule has 3 aromatic rings. The molecule has 0 fully saturated rings. The van der Waals surface area contributed by atoms with E-state index in [0.717, 1.165) is 22.6 Å². The molecular weight excluding hydrogens is 407 g/mol. The molecule has 1 aromatic heterocycles. The van der Waals surface area contributed by atoms with E-state index >= 15 is 0 Å². The molecule has 0 saturated heterocycles. The summed E-state index contributed by atoms with van der Waals surface area (Å²) in [4.78, 5) is 17.3. The van der Waals surface area contributed by atoms with Crippen LogP contribution in [-0.2, 0) is 24.4 Å². The largest absolute Gasteiger partial charge is 0.489 e. The number of amides is 1. The highest BCUT2D eigenvalue weighted by Crippen LogP contribution is 2.17. The molecule has 0 aliphatic rings. The molecule has 2 aromatic carbocycles. The summed E-state index contributed by atoms with van der Waals surface area (Å²) in [7, 11) is 0. The smallest absolute Gasteiger partial charge is 0.256 e. The number of halogens is 2. The fourth-order valence-electron chi connectivity index (χ4n) is 2.85. The van der Waals surface area contributed by atoms with Crippen LogP contribution in [0.4, 0.5) is 0 Å². The first-order valence-electron chi connectivity index (χ1n) is 9.34. The number of aromatic nitrogens is 1. The van der Waals surface area contributed by atoms with Gasteiger partial charge in [0.2, 0.25) is 0 Å². The van der Waals surface area contributed by atoms with Crippen molar-refractivity contribution in [3.05, 3.63) is 95.8 Å². The van der Waals surface area contributed by atoms with Gasteiger partial charge in [-0.1, -0.05) is 71.7 Å². The van der Waals surface area contributed by atoms with Crippen molar-refractivity contribution in [3.63, 3.8) is 0 Å². The number of nitrogens with zero attached hydrogens (tertiary/aromatic N) is 2. The predicted molar refractivity (Wildman–Crippen MR) is 116 cm³/mol. The van der Waals surface area contributed by atoms with E-state index in [1.54, 1.807) is 11.1 Å². The van der Waals surface area contributed by atoms with Gasteiger partial charge in [0.1, 0.15) is 12.4 Å². The van der Waals surface area contributed by atoms with Crippen LogP contribution in [0.3, 0.4) is 0 Å². The second-order valence-corrected chi connectivity index (χ2v) is 7.65. The summed E-state index contributed by atoms with van der Waals surface area (Å²) >= 11 is 11.7. The van der Waals surface area contributed by atoms with E-state index in [9.17, 15) is 4.79 Å². The van der Waals surface area contributed by atoms with E-state index in [2.05, 4.69) is 4.98 Å². The molecule has 150 valence electrons. The SMILES string of the molecule is O=C(C(Cl)Cl)N(CCc1ccccn1)Cc1ccc(OCc2ccccc2)cc1. The molecule has 1 heterocycles. The quantitative estimate of drug-likeness (QED) is 0.448. The van der Waals surface area contributed by atoms with E-state index in [1.807, 2.05) is 72.8 Å². The van der Waals surface area contributed by atoms with Crippen molar-refractivity contribution in [2.45, 2.75) is 24.4 Å². The fourth-order valence-corrected chi connectivity index (χ4v) is 3.13. The van der Waals surface area contributed by atoms with E-state index in [1.165, 1.54) is 0 Å². The lowest BCUT2D eigenvalue weighted by atomic mass is 10.2. The van der Waals surface area contributed by atoms with Crippen LogP contribution >= 0.6 is 23.2 Å². The van der Waals surface area contributed by atoms with Crippen molar-refractivity contribution in [1.82, 2.24) is 9.88 Å². The summed E-state index contributed by atoms with van der Waals surface area (Å²) in [6.07, 6.45) is 2.37. The molecule has 0 radical (unpaired) electrons. The molecule has 0 bridgehead atoms. The molecule has 1 amide bonds. The zero-order valence-corrected chi connectivity index (χ0v) is 17.4. The summed E-state index contributed by atoms with van der Waals surface area (Å²) in [5.74, 6) is 0.463. The standard InChI is InChI=1S/C23H22Cl2N2O2/c24-22(25)23(28)27(15-13-20-8-4-5-14-26-20)16-18-9-11-21(12-10-18)29-17-19-6-2-1-3-7-19/h1-12,14,22H,13,15-17H2. The first-order valence-corrected chi connectivity index (χ1v) is 10.2. The molecule has 0 N–H and O–H groups in total. The maximum atomic E-state index is 12.4. The first kappa shape index (κ1) is 21.2. The van der Waals surface area contributed by atoms with Crippen LogP contribution in [0.2, 0.25) is 0 Å². The Morgan fingerprint density at radius 1 is 0.931 bits per heavy atom. The summed E-state index contributed by atoms with van der Waals surface area (Å²) in [5.41, 5.74) is 2.99. The number of benzene rings is 2. The van der Waals surface area contributed by atoms with Gasteiger partial charge in [0.05, 0.1) is 0 Å². The second kappa shape index (κ2) is 10.8. The third kappa shape index (κ3) is 6.77. The molecule has 0 aliphatic carbocycles. The fraction of sp³-hybridized carbons (Fsp3) is 0.217. The molecule has 0 atom stereocenters. The van der Waals surface area contributed by atoms with Crippen molar-refractivity contribution < 1.29 is 9.53 Å². The number of carbonyl (C=O) groups excluding carboxylic acids is 1. The Labute approximate surface area is 181 Å². The predicted octanol–water partition coefficient (Wildman–Crippen LogP) is 5.04. The van der Waals surface area contributed by atoms with Crippen LogP contribution in [-0.4, -0.2) is 27.2 Å². The lowest BCUT2D eigenvalue weighted by molar-refractivity contribution is -0.129. The lowest BCUT2D eigenvalue weighted by Crippen LogP contribution is -2.36. The van der Waals surface area contributed by atoms with Gasteiger partial charge < -0.3 is 9.64 Å². The van der Waals surface area contributed by atoms with Crippen molar-refractivity contribution in [3.8, 4) is 5.75 Å². The molecular formula is C23H22Cl2N2O2. The first-order chi connectivity index (χ1) is 14.1. The average molecular weight is 429 g/mol. The van der Waals surface area contributed by atoms with E-state index in [0.29, 0.717) is 26.1 Å². The number of alkyl halides is 2. The minimum Gasteiger partial charge on any atom is -0.489 e. The minimum absolute atomic E-state index is 0.311. The molecule has 3 rings (SSSR count). The van der Waals surface area contributed by atoms with Gasteiger partial charge >= 0.3 is 0 Å². The van der Waals surface area contributed by atoms with Gasteiger partial charge in [0.25, 0.3) is 5.91 Å². The Morgan fingerprint density at radius 3 is 2.31 bits per heavy atom. The third-order valence-electron chi connectivity index (χ3n) is 4.41. The monoisotopic (exact) mass is 428 g/mol. The molecule has 4 nitrogen and oxygen atoms in total. The molecule has 0 spiro atoms. The Balaban J connectivity index is 1.59.